The van der Waals surface area contributed by atoms with E-state index in [0.29, 0.717) is 0 Å². The highest BCUT2D eigenvalue weighted by atomic mass is 16.6. The molecule has 0 aromatic heterocycles. The topological polar surface area (TPSA) is 105 Å². The number of nitrogens with one attached hydrogen (secondary N) is 1. The third kappa shape index (κ3) is 5.00. The van der Waals surface area contributed by atoms with E-state index < -0.39 is 35.8 Å². The molecule has 2 unspecified atom stereocenters. The maximum atomic E-state index is 13.1. The molecule has 2 aromatic carbocycles. The minimum atomic E-state index is -0.955. The first-order valence-electron chi connectivity index (χ1n) is 11.5. The third-order valence-electron chi connectivity index (χ3n) is 6.21. The second-order valence-corrected chi connectivity index (χ2v) is 9.72. The molecule has 8 heteroatoms. The van der Waals surface area contributed by atoms with E-state index in [1.165, 1.54) is 4.90 Å². The van der Waals surface area contributed by atoms with Crippen LogP contribution in [0.4, 0.5) is 9.59 Å². The van der Waals surface area contributed by atoms with E-state index in [9.17, 15) is 19.5 Å². The summed E-state index contributed by atoms with van der Waals surface area (Å²) in [5.74, 6) is -1.72. The van der Waals surface area contributed by atoms with E-state index in [0.717, 1.165) is 22.3 Å². The molecular formula is C26H30N2O6. The van der Waals surface area contributed by atoms with Crippen molar-refractivity contribution in [2.45, 2.75) is 51.3 Å². The van der Waals surface area contributed by atoms with Gasteiger partial charge in [-0.15, -0.1) is 0 Å². The van der Waals surface area contributed by atoms with Crippen molar-refractivity contribution in [1.29, 1.82) is 0 Å². The molecule has 1 aliphatic heterocycles. The molecule has 0 saturated carbocycles. The SMILES string of the molecule is CC(C)(C)OC(=O)NC1CC(C(=O)O)CCN1C(=O)OCC1c2ccccc2-c2ccccc21. The molecule has 2 aromatic rings. The van der Waals surface area contributed by atoms with Crippen LogP contribution in [0.5, 0.6) is 0 Å². The van der Waals surface area contributed by atoms with Crippen LogP contribution >= 0.6 is 0 Å². The normalized spacial score (nSPS) is 19.7. The first-order valence-corrected chi connectivity index (χ1v) is 11.5. The summed E-state index contributed by atoms with van der Waals surface area (Å²) < 4.78 is 11.0. The molecule has 1 saturated heterocycles. The Morgan fingerprint density at radius 3 is 2.18 bits per heavy atom. The first-order chi connectivity index (χ1) is 16.1. The van der Waals surface area contributed by atoms with Crippen LogP contribution in [0.2, 0.25) is 0 Å². The zero-order chi connectivity index (χ0) is 24.5. The Morgan fingerprint density at radius 2 is 1.62 bits per heavy atom. The lowest BCUT2D eigenvalue weighted by Crippen LogP contribution is -2.56. The number of ether oxygens (including phenoxy) is 2. The number of carbonyl (C=O) groups excluding carboxylic acids is 2. The first kappa shape index (κ1) is 23.6. The summed E-state index contributed by atoms with van der Waals surface area (Å²) in [5, 5.41) is 12.1. The summed E-state index contributed by atoms with van der Waals surface area (Å²) in [6.07, 6.45) is -1.77. The Labute approximate surface area is 198 Å². The predicted molar refractivity (Wildman–Crippen MR) is 125 cm³/mol. The van der Waals surface area contributed by atoms with Crippen LogP contribution in [-0.4, -0.2) is 53.1 Å². The quantitative estimate of drug-likeness (QED) is 0.683. The summed E-state index contributed by atoms with van der Waals surface area (Å²) in [6.45, 7) is 5.50. The molecule has 1 fully saturated rings. The fourth-order valence-corrected chi connectivity index (χ4v) is 4.67. The Kier molecular flexibility index (Phi) is 6.50. The van der Waals surface area contributed by atoms with Gasteiger partial charge in [0.2, 0.25) is 0 Å². The summed E-state index contributed by atoms with van der Waals surface area (Å²) in [5.41, 5.74) is 3.74. The molecule has 34 heavy (non-hydrogen) atoms. The monoisotopic (exact) mass is 466 g/mol. The molecular weight excluding hydrogens is 436 g/mol. The van der Waals surface area contributed by atoms with Crippen molar-refractivity contribution in [1.82, 2.24) is 10.2 Å². The molecule has 1 aliphatic carbocycles. The van der Waals surface area contributed by atoms with Crippen molar-refractivity contribution in [3.8, 4) is 11.1 Å². The number of alkyl carbamates (subject to hydrolysis) is 1. The van der Waals surface area contributed by atoms with Crippen LogP contribution in [0.15, 0.2) is 48.5 Å². The second-order valence-electron chi connectivity index (χ2n) is 9.72. The number of amides is 2. The van der Waals surface area contributed by atoms with Crippen LogP contribution < -0.4 is 5.32 Å². The number of fused-ring (bicyclic) bond motifs is 3. The van der Waals surface area contributed by atoms with Crippen molar-refractivity contribution >= 4 is 18.2 Å². The number of carboxylic acid groups (broad SMARTS) is 1. The van der Waals surface area contributed by atoms with Gasteiger partial charge in [0.05, 0.1) is 5.92 Å². The summed E-state index contributed by atoms with van der Waals surface area (Å²) in [6, 6.07) is 16.1. The molecule has 0 bridgehead atoms. The van der Waals surface area contributed by atoms with Gasteiger partial charge < -0.3 is 19.9 Å². The Balaban J connectivity index is 1.47. The molecule has 180 valence electrons. The fraction of sp³-hybridized carbons (Fsp3) is 0.423. The van der Waals surface area contributed by atoms with Crippen LogP contribution in [0.1, 0.15) is 50.7 Å². The minimum Gasteiger partial charge on any atom is -0.481 e. The maximum absolute atomic E-state index is 13.1. The lowest BCUT2D eigenvalue weighted by molar-refractivity contribution is -0.144. The predicted octanol–water partition coefficient (Wildman–Crippen LogP) is 4.58. The highest BCUT2D eigenvalue weighted by molar-refractivity contribution is 5.79. The standard InChI is InChI=1S/C26H30N2O6/c1-26(2,3)34-24(31)27-22-14-16(23(29)30)12-13-28(22)25(32)33-15-21-19-10-6-4-8-17(19)18-9-5-7-11-20(18)21/h4-11,16,21-22H,12-15H2,1-3H3,(H,27,31)(H,29,30). The fourth-order valence-electron chi connectivity index (χ4n) is 4.67. The molecule has 2 atom stereocenters. The van der Waals surface area contributed by atoms with E-state index in [-0.39, 0.29) is 31.9 Å². The molecule has 0 radical (unpaired) electrons. The number of benzene rings is 2. The number of carbonyl (C=O) groups is 3. The van der Waals surface area contributed by atoms with Crippen LogP contribution in [0.3, 0.4) is 0 Å². The Morgan fingerprint density at radius 1 is 1.03 bits per heavy atom. The van der Waals surface area contributed by atoms with E-state index in [2.05, 4.69) is 17.4 Å². The van der Waals surface area contributed by atoms with Gasteiger partial charge in [-0.05, 0) is 55.9 Å². The van der Waals surface area contributed by atoms with Crippen molar-refractivity contribution in [2.75, 3.05) is 13.2 Å². The van der Waals surface area contributed by atoms with Crippen molar-refractivity contribution in [3.05, 3.63) is 59.7 Å². The number of hydrogen-bond acceptors (Lipinski definition) is 5. The van der Waals surface area contributed by atoms with Gasteiger partial charge in [-0.25, -0.2) is 9.59 Å². The van der Waals surface area contributed by atoms with Gasteiger partial charge in [-0.3, -0.25) is 9.69 Å². The van der Waals surface area contributed by atoms with E-state index in [1.807, 2.05) is 36.4 Å². The number of hydrogen-bond donors (Lipinski definition) is 2. The highest BCUT2D eigenvalue weighted by Crippen LogP contribution is 2.44. The zero-order valence-corrected chi connectivity index (χ0v) is 19.6. The lowest BCUT2D eigenvalue weighted by atomic mass is 9.95. The van der Waals surface area contributed by atoms with E-state index >= 15 is 0 Å². The molecule has 2 amide bonds. The summed E-state index contributed by atoms with van der Waals surface area (Å²) >= 11 is 0. The van der Waals surface area contributed by atoms with E-state index in [4.69, 9.17) is 9.47 Å². The van der Waals surface area contributed by atoms with Gasteiger partial charge in [-0.1, -0.05) is 48.5 Å². The molecule has 8 nitrogen and oxygen atoms in total. The molecule has 2 N–H and O–H groups in total. The van der Waals surface area contributed by atoms with Crippen molar-refractivity contribution < 1.29 is 29.0 Å². The van der Waals surface area contributed by atoms with Crippen molar-refractivity contribution in [2.24, 2.45) is 5.92 Å². The molecule has 1 heterocycles. The number of likely N-dealkylation sites (tertiary alicyclic amines) is 1. The maximum Gasteiger partial charge on any atom is 0.411 e. The van der Waals surface area contributed by atoms with Crippen LogP contribution in [0.25, 0.3) is 11.1 Å². The highest BCUT2D eigenvalue weighted by Gasteiger charge is 2.38. The van der Waals surface area contributed by atoms with Gasteiger partial charge in [0.1, 0.15) is 18.4 Å². The molecule has 4 rings (SSSR count). The van der Waals surface area contributed by atoms with Gasteiger partial charge in [0.25, 0.3) is 0 Å². The lowest BCUT2D eigenvalue weighted by Gasteiger charge is -2.38. The minimum absolute atomic E-state index is 0.0821. The zero-order valence-electron chi connectivity index (χ0n) is 19.6. The second kappa shape index (κ2) is 9.37. The van der Waals surface area contributed by atoms with Crippen molar-refractivity contribution in [3.63, 3.8) is 0 Å². The number of nitrogens with zero attached hydrogens (tertiary/aromatic N) is 1. The molecule has 2 aliphatic rings. The van der Waals surface area contributed by atoms with Crippen LogP contribution in [0, 0.1) is 5.92 Å². The van der Waals surface area contributed by atoms with Gasteiger partial charge in [0.15, 0.2) is 0 Å². The smallest absolute Gasteiger partial charge is 0.411 e. The molecule has 0 spiro atoms. The van der Waals surface area contributed by atoms with Gasteiger partial charge in [0, 0.05) is 12.5 Å². The van der Waals surface area contributed by atoms with E-state index in [1.54, 1.807) is 20.8 Å². The van der Waals surface area contributed by atoms with Gasteiger partial charge in [-0.2, -0.15) is 0 Å². The number of rotatable bonds is 4. The Bertz CT molecular complexity index is 1050. The largest absolute Gasteiger partial charge is 0.481 e. The number of piperidine rings is 1. The Hall–Kier alpha value is -3.55. The number of carboxylic acids is 1. The average Bonchev–Trinajstić information content (AvgIpc) is 3.10. The summed E-state index contributed by atoms with van der Waals surface area (Å²) in [7, 11) is 0. The van der Waals surface area contributed by atoms with Gasteiger partial charge >= 0.3 is 18.2 Å². The van der Waals surface area contributed by atoms with Crippen LogP contribution in [-0.2, 0) is 14.3 Å². The summed E-state index contributed by atoms with van der Waals surface area (Å²) in [4.78, 5) is 38.4. The third-order valence-corrected chi connectivity index (χ3v) is 6.21. The average molecular weight is 467 g/mol. The number of aliphatic carboxylic acids is 1.